The van der Waals surface area contributed by atoms with E-state index in [9.17, 15) is 4.79 Å². The fourth-order valence-electron chi connectivity index (χ4n) is 4.31. The second-order valence-electron chi connectivity index (χ2n) is 7.19. The summed E-state index contributed by atoms with van der Waals surface area (Å²) in [6, 6.07) is 0.226. The zero-order chi connectivity index (χ0) is 18.4. The molecule has 2 aromatic heterocycles. The third-order valence-corrected chi connectivity index (χ3v) is 6.84. The molecule has 2 fully saturated rings. The van der Waals surface area contributed by atoms with E-state index < -0.39 is 0 Å². The number of thiophene rings is 1. The summed E-state index contributed by atoms with van der Waals surface area (Å²) in [5.41, 5.74) is 7.10. The van der Waals surface area contributed by atoms with Crippen molar-refractivity contribution in [3.05, 3.63) is 16.3 Å². The molecule has 3 heterocycles. The van der Waals surface area contributed by atoms with Gasteiger partial charge in [-0.05, 0) is 37.2 Å². The normalized spacial score (nSPS) is 25.1. The minimum atomic E-state index is 0.0717. The van der Waals surface area contributed by atoms with Crippen LogP contribution < -0.4 is 10.5 Å². The number of nitrogens with zero attached hydrogens (tertiary/aromatic N) is 3. The molecule has 0 aromatic carbocycles. The molecule has 1 aliphatic carbocycles. The van der Waals surface area contributed by atoms with Crippen molar-refractivity contribution in [2.75, 3.05) is 27.3 Å². The molecule has 2 N–H and O–H groups in total. The van der Waals surface area contributed by atoms with Gasteiger partial charge in [-0.2, -0.15) is 4.98 Å². The van der Waals surface area contributed by atoms with Gasteiger partial charge >= 0.3 is 0 Å². The first-order chi connectivity index (χ1) is 12.5. The highest BCUT2D eigenvalue weighted by Gasteiger charge is 2.43. The number of hydrogen-bond acceptors (Lipinski definition) is 7. The van der Waals surface area contributed by atoms with Gasteiger partial charge in [-0.25, -0.2) is 4.98 Å². The first kappa shape index (κ1) is 17.6. The third-order valence-electron chi connectivity index (χ3n) is 5.66. The monoisotopic (exact) mass is 376 g/mol. The SMILES string of the molecule is COCc1nc(OC)c2c(C)c(C(=O)N3CC4CCC(N)C4C3)sc2n1. The van der Waals surface area contributed by atoms with Crippen molar-refractivity contribution in [1.82, 2.24) is 14.9 Å². The maximum Gasteiger partial charge on any atom is 0.264 e. The number of hydrogen-bond donors (Lipinski definition) is 1. The second kappa shape index (κ2) is 6.75. The molecule has 2 aromatic rings. The van der Waals surface area contributed by atoms with Crippen LogP contribution in [0.3, 0.4) is 0 Å². The molecule has 8 heteroatoms. The van der Waals surface area contributed by atoms with Gasteiger partial charge in [0.05, 0.1) is 17.4 Å². The smallest absolute Gasteiger partial charge is 0.264 e. The van der Waals surface area contributed by atoms with Crippen molar-refractivity contribution in [3.63, 3.8) is 0 Å². The van der Waals surface area contributed by atoms with E-state index in [-0.39, 0.29) is 11.9 Å². The molecule has 1 saturated heterocycles. The molecule has 140 valence electrons. The molecule has 4 rings (SSSR count). The van der Waals surface area contributed by atoms with Crippen LogP contribution in [0.25, 0.3) is 10.2 Å². The molecular formula is C18H24N4O3S. The summed E-state index contributed by atoms with van der Waals surface area (Å²) in [5.74, 6) is 2.11. The minimum absolute atomic E-state index is 0.0717. The molecule has 1 amide bonds. The number of likely N-dealkylation sites (tertiary alicyclic amines) is 1. The molecule has 7 nitrogen and oxygen atoms in total. The van der Waals surface area contributed by atoms with Gasteiger partial charge in [0, 0.05) is 26.2 Å². The fourth-order valence-corrected chi connectivity index (χ4v) is 5.46. The summed E-state index contributed by atoms with van der Waals surface area (Å²) in [5, 5.41) is 0.816. The van der Waals surface area contributed by atoms with Crippen LogP contribution in [0.4, 0.5) is 0 Å². The Morgan fingerprint density at radius 2 is 2.12 bits per heavy atom. The Kier molecular flexibility index (Phi) is 4.58. The van der Waals surface area contributed by atoms with Gasteiger partial charge in [0.15, 0.2) is 5.82 Å². The van der Waals surface area contributed by atoms with Gasteiger partial charge < -0.3 is 20.1 Å². The first-order valence-electron chi connectivity index (χ1n) is 8.91. The Bertz CT molecular complexity index is 853. The van der Waals surface area contributed by atoms with E-state index in [1.54, 1.807) is 14.2 Å². The van der Waals surface area contributed by atoms with Crippen LogP contribution in [0.5, 0.6) is 5.88 Å². The molecular weight excluding hydrogens is 352 g/mol. The van der Waals surface area contributed by atoms with Crippen LogP contribution >= 0.6 is 11.3 Å². The van der Waals surface area contributed by atoms with Crippen molar-refractivity contribution in [3.8, 4) is 5.88 Å². The quantitative estimate of drug-likeness (QED) is 0.877. The summed E-state index contributed by atoms with van der Waals surface area (Å²) < 4.78 is 10.6. The number of nitrogens with two attached hydrogens (primary N) is 1. The summed E-state index contributed by atoms with van der Waals surface area (Å²) >= 11 is 1.41. The Hall–Kier alpha value is -1.77. The summed E-state index contributed by atoms with van der Waals surface area (Å²) in [4.78, 5) is 25.6. The number of carbonyl (C=O) groups excluding carboxylic acids is 1. The van der Waals surface area contributed by atoms with E-state index in [2.05, 4.69) is 9.97 Å². The van der Waals surface area contributed by atoms with Crippen molar-refractivity contribution < 1.29 is 14.3 Å². The number of amides is 1. The van der Waals surface area contributed by atoms with E-state index in [4.69, 9.17) is 15.2 Å². The van der Waals surface area contributed by atoms with Crippen LogP contribution in [0, 0.1) is 18.8 Å². The maximum absolute atomic E-state index is 13.2. The predicted molar refractivity (Wildman–Crippen MR) is 99.5 cm³/mol. The molecule has 0 spiro atoms. The summed E-state index contributed by atoms with van der Waals surface area (Å²) in [7, 11) is 3.18. The lowest BCUT2D eigenvalue weighted by Gasteiger charge is -2.18. The molecule has 0 radical (unpaired) electrons. The second-order valence-corrected chi connectivity index (χ2v) is 8.19. The lowest BCUT2D eigenvalue weighted by atomic mass is 9.98. The van der Waals surface area contributed by atoms with Gasteiger partial charge in [0.2, 0.25) is 5.88 Å². The Balaban J connectivity index is 1.68. The summed E-state index contributed by atoms with van der Waals surface area (Å²) in [6.45, 7) is 3.81. The molecule has 3 unspecified atom stereocenters. The Morgan fingerprint density at radius 1 is 1.31 bits per heavy atom. The minimum Gasteiger partial charge on any atom is -0.480 e. The van der Waals surface area contributed by atoms with Crippen molar-refractivity contribution in [2.24, 2.45) is 17.6 Å². The van der Waals surface area contributed by atoms with Gasteiger partial charge in [-0.15, -0.1) is 11.3 Å². The highest BCUT2D eigenvalue weighted by molar-refractivity contribution is 7.20. The van der Waals surface area contributed by atoms with Crippen molar-refractivity contribution in [2.45, 2.75) is 32.4 Å². The van der Waals surface area contributed by atoms with Crippen molar-refractivity contribution >= 4 is 27.5 Å². The number of aromatic nitrogens is 2. The van der Waals surface area contributed by atoms with Gasteiger partial charge in [0.1, 0.15) is 11.4 Å². The average molecular weight is 376 g/mol. The number of carbonyl (C=O) groups is 1. The highest BCUT2D eigenvalue weighted by atomic mass is 32.1. The van der Waals surface area contributed by atoms with Crippen LogP contribution in [0.1, 0.15) is 33.9 Å². The Labute approximate surface area is 156 Å². The largest absolute Gasteiger partial charge is 0.480 e. The lowest BCUT2D eigenvalue weighted by Crippen LogP contribution is -2.33. The van der Waals surface area contributed by atoms with Crippen LogP contribution in [0.15, 0.2) is 0 Å². The van der Waals surface area contributed by atoms with Crippen LogP contribution in [-0.4, -0.2) is 54.1 Å². The Morgan fingerprint density at radius 3 is 2.81 bits per heavy atom. The van der Waals surface area contributed by atoms with E-state index in [0.29, 0.717) is 30.1 Å². The van der Waals surface area contributed by atoms with Crippen LogP contribution in [0.2, 0.25) is 0 Å². The maximum atomic E-state index is 13.2. The third kappa shape index (κ3) is 2.76. The van der Waals surface area contributed by atoms with E-state index >= 15 is 0 Å². The summed E-state index contributed by atoms with van der Waals surface area (Å²) in [6.07, 6.45) is 2.20. The average Bonchev–Trinajstić information content (AvgIpc) is 3.29. The van der Waals surface area contributed by atoms with Gasteiger partial charge in [-0.3, -0.25) is 4.79 Å². The zero-order valence-corrected chi connectivity index (χ0v) is 16.1. The molecule has 26 heavy (non-hydrogen) atoms. The number of methoxy groups -OCH3 is 2. The molecule has 0 bridgehead atoms. The number of rotatable bonds is 4. The van der Waals surface area contributed by atoms with Gasteiger partial charge in [0.25, 0.3) is 5.91 Å². The van der Waals surface area contributed by atoms with Crippen molar-refractivity contribution in [1.29, 1.82) is 0 Å². The molecule has 1 aliphatic heterocycles. The van der Waals surface area contributed by atoms with Crippen LogP contribution in [-0.2, 0) is 11.3 Å². The van der Waals surface area contributed by atoms with E-state index in [1.165, 1.54) is 11.3 Å². The molecule has 2 aliphatic rings. The number of fused-ring (bicyclic) bond motifs is 2. The lowest BCUT2D eigenvalue weighted by molar-refractivity contribution is 0.0784. The highest BCUT2D eigenvalue weighted by Crippen LogP contribution is 2.40. The van der Waals surface area contributed by atoms with Gasteiger partial charge in [-0.1, -0.05) is 0 Å². The number of ether oxygens (including phenoxy) is 2. The number of aryl methyl sites for hydroxylation is 1. The predicted octanol–water partition coefficient (Wildman–Crippen LogP) is 1.96. The fraction of sp³-hybridized carbons (Fsp3) is 0.611. The first-order valence-corrected chi connectivity index (χ1v) is 9.73. The molecule has 1 saturated carbocycles. The standard InChI is InChI=1S/C18H24N4O3S/c1-9-14-16(25-3)20-13(8-24-2)21-17(14)26-15(9)18(23)22-6-10-4-5-12(19)11(10)7-22/h10-12H,4-8,19H2,1-3H3. The topological polar surface area (TPSA) is 90.6 Å². The zero-order valence-electron chi connectivity index (χ0n) is 15.3. The molecule has 3 atom stereocenters. The van der Waals surface area contributed by atoms with E-state index in [1.807, 2.05) is 11.8 Å². The van der Waals surface area contributed by atoms with E-state index in [0.717, 1.165) is 46.6 Å².